The van der Waals surface area contributed by atoms with E-state index in [1.807, 2.05) is 25.1 Å². The number of nitrogens with zero attached hydrogens (tertiary/aromatic N) is 2. The van der Waals surface area contributed by atoms with Gasteiger partial charge >= 0.3 is 5.97 Å². The summed E-state index contributed by atoms with van der Waals surface area (Å²) in [4.78, 5) is 16.3. The van der Waals surface area contributed by atoms with Gasteiger partial charge in [0.2, 0.25) is 5.95 Å². The minimum absolute atomic E-state index is 0. The third-order valence-corrected chi connectivity index (χ3v) is 4.39. The molecule has 1 saturated heterocycles. The molecule has 1 aliphatic heterocycles. The Morgan fingerprint density at radius 1 is 1.36 bits per heavy atom. The summed E-state index contributed by atoms with van der Waals surface area (Å²) in [7, 11) is 0. The van der Waals surface area contributed by atoms with E-state index in [0.29, 0.717) is 19.1 Å². The van der Waals surface area contributed by atoms with E-state index in [9.17, 15) is 4.79 Å². The van der Waals surface area contributed by atoms with E-state index in [2.05, 4.69) is 21.3 Å². The molecule has 2 N–H and O–H groups in total. The molecule has 0 atom stereocenters. The van der Waals surface area contributed by atoms with Gasteiger partial charge in [0, 0.05) is 19.0 Å². The number of ether oxygens (including phenoxy) is 1. The predicted octanol–water partition coefficient (Wildman–Crippen LogP) is 3.16. The average Bonchev–Trinajstić information content (AvgIpc) is 2.94. The number of halogens is 1. The SMILES string of the molecule is CCOC(=O)CCCn1c(NC2CCNCC2)nc2ccccc21.I. The minimum atomic E-state index is -0.130. The number of esters is 1. The zero-order valence-electron chi connectivity index (χ0n) is 14.7. The molecule has 0 spiro atoms. The van der Waals surface area contributed by atoms with E-state index in [4.69, 9.17) is 9.72 Å². The van der Waals surface area contributed by atoms with Gasteiger partial charge in [-0.2, -0.15) is 0 Å². The second kappa shape index (κ2) is 9.96. The quantitative estimate of drug-likeness (QED) is 0.493. The summed E-state index contributed by atoms with van der Waals surface area (Å²) in [6, 6.07) is 8.60. The Morgan fingerprint density at radius 3 is 2.88 bits per heavy atom. The highest BCUT2D eigenvalue weighted by molar-refractivity contribution is 14.0. The van der Waals surface area contributed by atoms with Crippen molar-refractivity contribution in [3.05, 3.63) is 24.3 Å². The monoisotopic (exact) mass is 458 g/mol. The number of carbonyl (C=O) groups excluding carboxylic acids is 1. The first kappa shape index (κ1) is 20.0. The van der Waals surface area contributed by atoms with Crippen molar-refractivity contribution in [1.82, 2.24) is 14.9 Å². The third-order valence-electron chi connectivity index (χ3n) is 4.39. The van der Waals surface area contributed by atoms with Crippen molar-refractivity contribution in [2.45, 2.75) is 45.2 Å². The molecule has 25 heavy (non-hydrogen) atoms. The van der Waals surface area contributed by atoms with Gasteiger partial charge in [-0.1, -0.05) is 12.1 Å². The van der Waals surface area contributed by atoms with E-state index in [-0.39, 0.29) is 29.9 Å². The number of aromatic nitrogens is 2. The molecule has 6 nitrogen and oxygen atoms in total. The maximum Gasteiger partial charge on any atom is 0.305 e. The van der Waals surface area contributed by atoms with Crippen LogP contribution in [0.15, 0.2) is 24.3 Å². The van der Waals surface area contributed by atoms with E-state index in [1.165, 1.54) is 0 Å². The van der Waals surface area contributed by atoms with Gasteiger partial charge < -0.3 is 19.9 Å². The van der Waals surface area contributed by atoms with Crippen LogP contribution in [0.1, 0.15) is 32.6 Å². The fraction of sp³-hybridized carbons (Fsp3) is 0.556. The van der Waals surface area contributed by atoms with Crippen LogP contribution in [0.25, 0.3) is 11.0 Å². The smallest absolute Gasteiger partial charge is 0.305 e. The van der Waals surface area contributed by atoms with Gasteiger partial charge in [-0.3, -0.25) is 4.79 Å². The lowest BCUT2D eigenvalue weighted by Crippen LogP contribution is -2.36. The topological polar surface area (TPSA) is 68.2 Å². The number of fused-ring (bicyclic) bond motifs is 1. The standard InChI is InChI=1S/C18H26N4O2.HI/c1-2-24-17(23)8-5-13-22-16-7-4-3-6-15(16)21-18(22)20-14-9-11-19-12-10-14;/h3-4,6-7,14,19H,2,5,8-13H2,1H3,(H,20,21);1H. The van der Waals surface area contributed by atoms with Crippen LogP contribution in [-0.2, 0) is 16.1 Å². The number of carbonyl (C=O) groups is 1. The number of aryl methyl sites for hydroxylation is 1. The van der Waals surface area contributed by atoms with E-state index < -0.39 is 0 Å². The number of para-hydroxylation sites is 2. The summed E-state index contributed by atoms with van der Waals surface area (Å²) in [6.45, 7) is 5.12. The fourth-order valence-corrected chi connectivity index (χ4v) is 3.18. The molecule has 1 aromatic carbocycles. The number of piperidine rings is 1. The lowest BCUT2D eigenvalue weighted by molar-refractivity contribution is -0.143. The molecule has 2 aromatic rings. The fourth-order valence-electron chi connectivity index (χ4n) is 3.18. The molecular formula is C18H27IN4O2. The van der Waals surface area contributed by atoms with Crippen LogP contribution >= 0.6 is 24.0 Å². The number of imidazole rings is 1. The molecule has 0 aliphatic carbocycles. The maximum atomic E-state index is 11.6. The van der Waals surface area contributed by atoms with Gasteiger partial charge in [0.05, 0.1) is 17.6 Å². The Kier molecular flexibility index (Phi) is 7.95. The maximum absolute atomic E-state index is 11.6. The van der Waals surface area contributed by atoms with Crippen LogP contribution < -0.4 is 10.6 Å². The van der Waals surface area contributed by atoms with Crippen molar-refractivity contribution >= 4 is 46.9 Å². The molecule has 2 heterocycles. The number of nitrogens with one attached hydrogen (secondary N) is 2. The molecular weight excluding hydrogens is 431 g/mol. The Balaban J connectivity index is 0.00000225. The first-order valence-electron chi connectivity index (χ1n) is 8.86. The van der Waals surface area contributed by atoms with Gasteiger partial charge in [-0.25, -0.2) is 4.98 Å². The molecule has 1 aliphatic rings. The molecule has 0 radical (unpaired) electrons. The van der Waals surface area contributed by atoms with Crippen molar-refractivity contribution < 1.29 is 9.53 Å². The zero-order chi connectivity index (χ0) is 16.8. The summed E-state index contributed by atoms with van der Waals surface area (Å²) in [6.07, 6.45) is 3.39. The van der Waals surface area contributed by atoms with Crippen LogP contribution in [0.3, 0.4) is 0 Å². The molecule has 0 amide bonds. The van der Waals surface area contributed by atoms with Crippen LogP contribution in [0.4, 0.5) is 5.95 Å². The first-order valence-corrected chi connectivity index (χ1v) is 8.86. The van der Waals surface area contributed by atoms with Crippen molar-refractivity contribution in [2.24, 2.45) is 0 Å². The van der Waals surface area contributed by atoms with Crippen molar-refractivity contribution in [1.29, 1.82) is 0 Å². The molecule has 1 fully saturated rings. The Hall–Kier alpha value is -1.35. The largest absolute Gasteiger partial charge is 0.466 e. The molecule has 0 saturated carbocycles. The summed E-state index contributed by atoms with van der Waals surface area (Å²) >= 11 is 0. The minimum Gasteiger partial charge on any atom is -0.466 e. The highest BCUT2D eigenvalue weighted by Gasteiger charge is 2.17. The number of benzene rings is 1. The summed E-state index contributed by atoms with van der Waals surface area (Å²) in [5.41, 5.74) is 2.10. The number of anilines is 1. The summed E-state index contributed by atoms with van der Waals surface area (Å²) in [5.74, 6) is 0.779. The van der Waals surface area contributed by atoms with Gasteiger partial charge in [-0.15, -0.1) is 24.0 Å². The van der Waals surface area contributed by atoms with Gasteiger partial charge in [0.1, 0.15) is 0 Å². The van der Waals surface area contributed by atoms with Crippen molar-refractivity contribution in [3.8, 4) is 0 Å². The number of hydrogen-bond donors (Lipinski definition) is 2. The molecule has 0 bridgehead atoms. The predicted molar refractivity (Wildman–Crippen MR) is 111 cm³/mol. The molecule has 0 unspecified atom stereocenters. The number of hydrogen-bond acceptors (Lipinski definition) is 5. The Bertz CT molecular complexity index is 683. The molecule has 3 rings (SSSR count). The first-order chi connectivity index (χ1) is 11.8. The van der Waals surface area contributed by atoms with Gasteiger partial charge in [0.25, 0.3) is 0 Å². The van der Waals surface area contributed by atoms with Crippen LogP contribution in [0, 0.1) is 0 Å². The Morgan fingerprint density at radius 2 is 2.12 bits per heavy atom. The highest BCUT2D eigenvalue weighted by atomic mass is 127. The van der Waals surface area contributed by atoms with E-state index in [0.717, 1.165) is 55.9 Å². The second-order valence-electron chi connectivity index (χ2n) is 6.15. The van der Waals surface area contributed by atoms with Crippen molar-refractivity contribution in [3.63, 3.8) is 0 Å². The van der Waals surface area contributed by atoms with Gasteiger partial charge in [-0.05, 0) is 51.4 Å². The lowest BCUT2D eigenvalue weighted by atomic mass is 10.1. The average molecular weight is 458 g/mol. The van der Waals surface area contributed by atoms with E-state index in [1.54, 1.807) is 0 Å². The lowest BCUT2D eigenvalue weighted by Gasteiger charge is -2.24. The third kappa shape index (κ3) is 5.31. The number of rotatable bonds is 7. The van der Waals surface area contributed by atoms with Crippen LogP contribution in [-0.4, -0.2) is 41.3 Å². The van der Waals surface area contributed by atoms with Gasteiger partial charge in [0.15, 0.2) is 0 Å². The van der Waals surface area contributed by atoms with Crippen molar-refractivity contribution in [2.75, 3.05) is 25.0 Å². The Labute approximate surface area is 165 Å². The molecule has 7 heteroatoms. The van der Waals surface area contributed by atoms with Crippen LogP contribution in [0.2, 0.25) is 0 Å². The molecule has 1 aromatic heterocycles. The van der Waals surface area contributed by atoms with E-state index >= 15 is 0 Å². The zero-order valence-corrected chi connectivity index (χ0v) is 17.0. The van der Waals surface area contributed by atoms with Crippen LogP contribution in [0.5, 0.6) is 0 Å². The summed E-state index contributed by atoms with van der Waals surface area (Å²) in [5, 5.41) is 6.98. The summed E-state index contributed by atoms with van der Waals surface area (Å²) < 4.78 is 7.21. The second-order valence-corrected chi connectivity index (χ2v) is 6.15. The normalized spacial score (nSPS) is 14.9. The molecule has 138 valence electrons. The highest BCUT2D eigenvalue weighted by Crippen LogP contribution is 2.22.